The second-order valence-electron chi connectivity index (χ2n) is 4.99. The van der Waals surface area contributed by atoms with Gasteiger partial charge in [-0.05, 0) is 21.9 Å². The first-order chi connectivity index (χ1) is 10.1. The smallest absolute Gasteiger partial charge is 0.170 e. The standard InChI is InChI=1S/C18H13F3/c19-18(20,21)17(14-7-2-1-3-8-14)16-11-10-13-6-4-5-9-15(13)12-16/h1-12,17H. The van der Waals surface area contributed by atoms with E-state index >= 15 is 0 Å². The minimum Gasteiger partial charge on any atom is -0.170 e. The van der Waals surface area contributed by atoms with Crippen LogP contribution >= 0.6 is 0 Å². The Morgan fingerprint density at radius 2 is 1.24 bits per heavy atom. The van der Waals surface area contributed by atoms with E-state index in [9.17, 15) is 13.2 Å². The highest BCUT2D eigenvalue weighted by Crippen LogP contribution is 2.40. The second-order valence-corrected chi connectivity index (χ2v) is 4.99. The summed E-state index contributed by atoms with van der Waals surface area (Å²) in [5, 5.41) is 1.76. The predicted molar refractivity (Wildman–Crippen MR) is 78.3 cm³/mol. The number of rotatable bonds is 2. The highest BCUT2D eigenvalue weighted by molar-refractivity contribution is 5.83. The van der Waals surface area contributed by atoms with Crippen molar-refractivity contribution in [3.63, 3.8) is 0 Å². The van der Waals surface area contributed by atoms with Crippen LogP contribution in [0.25, 0.3) is 10.8 Å². The topological polar surface area (TPSA) is 0 Å². The van der Waals surface area contributed by atoms with E-state index < -0.39 is 12.1 Å². The summed E-state index contributed by atoms with van der Waals surface area (Å²) in [6.45, 7) is 0. The van der Waals surface area contributed by atoms with Crippen molar-refractivity contribution in [3.05, 3.63) is 83.9 Å². The van der Waals surface area contributed by atoms with Gasteiger partial charge in [0.15, 0.2) is 0 Å². The van der Waals surface area contributed by atoms with E-state index in [4.69, 9.17) is 0 Å². The molecule has 0 bridgehead atoms. The lowest BCUT2D eigenvalue weighted by atomic mass is 9.89. The second kappa shape index (κ2) is 5.24. The zero-order valence-electron chi connectivity index (χ0n) is 11.1. The van der Waals surface area contributed by atoms with Gasteiger partial charge in [0.2, 0.25) is 0 Å². The minimum atomic E-state index is -4.32. The molecule has 0 radical (unpaired) electrons. The van der Waals surface area contributed by atoms with Crippen molar-refractivity contribution in [1.29, 1.82) is 0 Å². The molecular formula is C18H13F3. The zero-order chi connectivity index (χ0) is 14.9. The van der Waals surface area contributed by atoms with Crippen LogP contribution < -0.4 is 0 Å². The largest absolute Gasteiger partial charge is 0.399 e. The number of benzene rings is 3. The molecule has 0 amide bonds. The van der Waals surface area contributed by atoms with Gasteiger partial charge in [0, 0.05) is 0 Å². The lowest BCUT2D eigenvalue weighted by Crippen LogP contribution is -2.21. The molecule has 3 aromatic carbocycles. The Hall–Kier alpha value is -2.29. The average Bonchev–Trinajstić information content (AvgIpc) is 2.47. The Labute approximate surface area is 120 Å². The van der Waals surface area contributed by atoms with Gasteiger partial charge < -0.3 is 0 Å². The fourth-order valence-corrected chi connectivity index (χ4v) is 2.60. The van der Waals surface area contributed by atoms with Gasteiger partial charge in [0.1, 0.15) is 5.92 Å². The van der Waals surface area contributed by atoms with Crippen molar-refractivity contribution in [2.75, 3.05) is 0 Å². The van der Waals surface area contributed by atoms with Crippen molar-refractivity contribution in [1.82, 2.24) is 0 Å². The van der Waals surface area contributed by atoms with Crippen molar-refractivity contribution in [2.24, 2.45) is 0 Å². The van der Waals surface area contributed by atoms with Crippen molar-refractivity contribution < 1.29 is 13.2 Å². The molecule has 0 saturated heterocycles. The van der Waals surface area contributed by atoms with Crippen LogP contribution in [0.3, 0.4) is 0 Å². The van der Waals surface area contributed by atoms with Gasteiger partial charge in [0.05, 0.1) is 0 Å². The number of fused-ring (bicyclic) bond motifs is 1. The van der Waals surface area contributed by atoms with Crippen molar-refractivity contribution in [3.8, 4) is 0 Å². The van der Waals surface area contributed by atoms with Crippen LogP contribution in [0, 0.1) is 0 Å². The maximum atomic E-state index is 13.5. The molecule has 1 atom stereocenters. The summed E-state index contributed by atoms with van der Waals surface area (Å²) in [7, 11) is 0. The summed E-state index contributed by atoms with van der Waals surface area (Å²) in [5.74, 6) is -1.59. The summed E-state index contributed by atoms with van der Waals surface area (Å²) >= 11 is 0. The van der Waals surface area contributed by atoms with Gasteiger partial charge in [-0.15, -0.1) is 0 Å². The molecule has 0 heterocycles. The minimum absolute atomic E-state index is 0.264. The molecule has 3 rings (SSSR count). The zero-order valence-corrected chi connectivity index (χ0v) is 11.1. The molecule has 106 valence electrons. The van der Waals surface area contributed by atoms with E-state index in [2.05, 4.69) is 0 Å². The van der Waals surface area contributed by atoms with Crippen molar-refractivity contribution >= 4 is 10.8 Å². The first kappa shape index (κ1) is 13.7. The first-order valence-electron chi connectivity index (χ1n) is 6.66. The van der Waals surface area contributed by atoms with Crippen LogP contribution in [0.5, 0.6) is 0 Å². The van der Waals surface area contributed by atoms with Gasteiger partial charge in [0.25, 0.3) is 0 Å². The van der Waals surface area contributed by atoms with Gasteiger partial charge in [-0.3, -0.25) is 0 Å². The Bertz CT molecular complexity index is 745. The molecule has 0 N–H and O–H groups in total. The normalized spacial score (nSPS) is 13.3. The lowest BCUT2D eigenvalue weighted by molar-refractivity contribution is -0.141. The predicted octanol–water partition coefficient (Wildman–Crippen LogP) is 5.53. The molecule has 0 aromatic heterocycles. The molecule has 0 aliphatic heterocycles. The molecule has 0 spiro atoms. The molecular weight excluding hydrogens is 273 g/mol. The van der Waals surface area contributed by atoms with E-state index in [1.807, 2.05) is 24.3 Å². The Morgan fingerprint density at radius 1 is 0.619 bits per heavy atom. The van der Waals surface area contributed by atoms with Gasteiger partial charge in [-0.25, -0.2) is 0 Å². The van der Waals surface area contributed by atoms with Gasteiger partial charge >= 0.3 is 6.18 Å². The summed E-state index contributed by atoms with van der Waals surface area (Å²) in [5.41, 5.74) is 0.535. The van der Waals surface area contributed by atoms with E-state index in [0.29, 0.717) is 0 Å². The summed E-state index contributed by atoms with van der Waals surface area (Å²) in [6, 6.07) is 20.4. The monoisotopic (exact) mass is 286 g/mol. The molecule has 0 aliphatic rings. The highest BCUT2D eigenvalue weighted by atomic mass is 19.4. The maximum Gasteiger partial charge on any atom is 0.399 e. The molecule has 3 heteroatoms. The molecule has 1 unspecified atom stereocenters. The highest BCUT2D eigenvalue weighted by Gasteiger charge is 2.41. The Morgan fingerprint density at radius 3 is 1.90 bits per heavy atom. The molecule has 0 nitrogen and oxygen atoms in total. The number of alkyl halides is 3. The number of hydrogen-bond donors (Lipinski definition) is 0. The van der Waals surface area contributed by atoms with Gasteiger partial charge in [-0.1, -0.05) is 72.8 Å². The van der Waals surface area contributed by atoms with E-state index in [0.717, 1.165) is 10.8 Å². The molecule has 21 heavy (non-hydrogen) atoms. The third kappa shape index (κ3) is 2.77. The molecule has 0 fully saturated rings. The van der Waals surface area contributed by atoms with Crippen LogP contribution in [-0.2, 0) is 0 Å². The number of halogens is 3. The van der Waals surface area contributed by atoms with E-state index in [-0.39, 0.29) is 11.1 Å². The lowest BCUT2D eigenvalue weighted by Gasteiger charge is -2.21. The van der Waals surface area contributed by atoms with Crippen LogP contribution in [-0.4, -0.2) is 6.18 Å². The van der Waals surface area contributed by atoms with E-state index in [1.165, 1.54) is 12.1 Å². The SMILES string of the molecule is FC(F)(F)C(c1ccccc1)c1ccc2ccccc2c1. The fourth-order valence-electron chi connectivity index (χ4n) is 2.60. The van der Waals surface area contributed by atoms with Crippen LogP contribution in [0.4, 0.5) is 13.2 Å². The summed E-state index contributed by atoms with van der Waals surface area (Å²) < 4.78 is 40.5. The van der Waals surface area contributed by atoms with Gasteiger partial charge in [-0.2, -0.15) is 13.2 Å². The average molecular weight is 286 g/mol. The van der Waals surface area contributed by atoms with Crippen LogP contribution in [0.1, 0.15) is 17.0 Å². The maximum absolute atomic E-state index is 13.5. The Kier molecular flexibility index (Phi) is 3.42. The fraction of sp³-hybridized carbons (Fsp3) is 0.111. The molecule has 3 aromatic rings. The van der Waals surface area contributed by atoms with E-state index in [1.54, 1.807) is 36.4 Å². The molecule has 0 saturated carbocycles. The Balaban J connectivity index is 2.15. The first-order valence-corrected chi connectivity index (χ1v) is 6.66. The third-order valence-corrected chi connectivity index (χ3v) is 3.57. The third-order valence-electron chi connectivity index (χ3n) is 3.57. The summed E-state index contributed by atoms with van der Waals surface area (Å²) in [4.78, 5) is 0. The summed E-state index contributed by atoms with van der Waals surface area (Å²) in [6.07, 6.45) is -4.32. The van der Waals surface area contributed by atoms with Crippen LogP contribution in [0.2, 0.25) is 0 Å². The quantitative estimate of drug-likeness (QED) is 0.580. The van der Waals surface area contributed by atoms with Crippen LogP contribution in [0.15, 0.2) is 72.8 Å². The molecule has 0 aliphatic carbocycles. The number of hydrogen-bond acceptors (Lipinski definition) is 0. The van der Waals surface area contributed by atoms with Crippen molar-refractivity contribution in [2.45, 2.75) is 12.1 Å².